The van der Waals surface area contributed by atoms with Gasteiger partial charge < -0.3 is 0 Å². The maximum Gasteiger partial charge on any atom is 0.169 e. The van der Waals surface area contributed by atoms with Crippen molar-refractivity contribution < 1.29 is 13.2 Å². The summed E-state index contributed by atoms with van der Waals surface area (Å²) in [6.07, 6.45) is 0. The standard InChI is InChI=1S/C14H17F3/c1-7(2)10(5)13(16)11-8(3)6-9(4)12(15)14(11)17/h6-7H,1-5H3/b13-10-. The molecule has 0 N–H and O–H groups in total. The highest BCUT2D eigenvalue weighted by atomic mass is 19.2. The first-order valence-electron chi connectivity index (χ1n) is 5.59. The van der Waals surface area contributed by atoms with Gasteiger partial charge in [-0.1, -0.05) is 19.9 Å². The molecule has 0 aromatic heterocycles. The Hall–Kier alpha value is -1.25. The summed E-state index contributed by atoms with van der Waals surface area (Å²) in [5.74, 6) is -2.77. The first kappa shape index (κ1) is 13.8. The van der Waals surface area contributed by atoms with Gasteiger partial charge >= 0.3 is 0 Å². The predicted molar refractivity (Wildman–Crippen MR) is 64.4 cm³/mol. The highest BCUT2D eigenvalue weighted by Crippen LogP contribution is 2.31. The highest BCUT2D eigenvalue weighted by Gasteiger charge is 2.20. The molecule has 0 amide bonds. The van der Waals surface area contributed by atoms with E-state index in [2.05, 4.69) is 0 Å². The lowest BCUT2D eigenvalue weighted by atomic mass is 9.96. The Balaban J connectivity index is 3.53. The van der Waals surface area contributed by atoms with E-state index in [4.69, 9.17) is 0 Å². The fourth-order valence-corrected chi connectivity index (χ4v) is 1.64. The second kappa shape index (κ2) is 4.94. The van der Waals surface area contributed by atoms with Crippen LogP contribution in [0.2, 0.25) is 0 Å². The van der Waals surface area contributed by atoms with Crippen molar-refractivity contribution in [3.63, 3.8) is 0 Å². The van der Waals surface area contributed by atoms with E-state index in [1.807, 2.05) is 13.8 Å². The molecule has 0 aliphatic rings. The van der Waals surface area contributed by atoms with E-state index in [9.17, 15) is 13.2 Å². The van der Waals surface area contributed by atoms with Crippen LogP contribution in [0.15, 0.2) is 11.6 Å². The second-order valence-corrected chi connectivity index (χ2v) is 4.67. The van der Waals surface area contributed by atoms with Crippen molar-refractivity contribution in [2.45, 2.75) is 34.6 Å². The zero-order chi connectivity index (χ0) is 13.3. The lowest BCUT2D eigenvalue weighted by Crippen LogP contribution is -2.01. The van der Waals surface area contributed by atoms with Gasteiger partial charge in [0.25, 0.3) is 0 Å². The lowest BCUT2D eigenvalue weighted by Gasteiger charge is -2.13. The molecule has 17 heavy (non-hydrogen) atoms. The predicted octanol–water partition coefficient (Wildman–Crippen LogP) is 4.94. The molecule has 0 saturated heterocycles. The fraction of sp³-hybridized carbons (Fsp3) is 0.429. The number of halogens is 3. The number of hydrogen-bond acceptors (Lipinski definition) is 0. The van der Waals surface area contributed by atoms with Crippen molar-refractivity contribution >= 4 is 5.83 Å². The van der Waals surface area contributed by atoms with E-state index in [-0.39, 0.29) is 17.0 Å². The summed E-state index contributed by atoms with van der Waals surface area (Å²) in [5.41, 5.74) is 0.784. The van der Waals surface area contributed by atoms with E-state index in [1.54, 1.807) is 13.8 Å². The van der Waals surface area contributed by atoms with Crippen molar-refractivity contribution in [3.8, 4) is 0 Å². The van der Waals surface area contributed by atoms with Gasteiger partial charge in [0.1, 0.15) is 5.83 Å². The third-order valence-electron chi connectivity index (χ3n) is 3.02. The smallest absolute Gasteiger partial charge is 0.169 e. The minimum atomic E-state index is -1.10. The summed E-state index contributed by atoms with van der Waals surface area (Å²) < 4.78 is 41.3. The van der Waals surface area contributed by atoms with E-state index in [0.29, 0.717) is 11.1 Å². The van der Waals surface area contributed by atoms with Crippen LogP contribution in [-0.2, 0) is 0 Å². The quantitative estimate of drug-likeness (QED) is 0.689. The molecule has 0 aliphatic heterocycles. The molecule has 94 valence electrons. The molecule has 0 saturated carbocycles. The van der Waals surface area contributed by atoms with E-state index < -0.39 is 17.5 Å². The molecule has 0 spiro atoms. The first-order valence-corrected chi connectivity index (χ1v) is 5.59. The molecular formula is C14H17F3. The minimum absolute atomic E-state index is 0.0434. The molecule has 3 heteroatoms. The molecule has 0 fully saturated rings. The van der Waals surface area contributed by atoms with Gasteiger partial charge in [-0.25, -0.2) is 13.2 Å². The van der Waals surface area contributed by atoms with Crippen LogP contribution in [0.5, 0.6) is 0 Å². The van der Waals surface area contributed by atoms with Crippen molar-refractivity contribution in [2.24, 2.45) is 5.92 Å². The van der Waals surface area contributed by atoms with Gasteiger partial charge in [0, 0.05) is 0 Å². The normalized spacial score (nSPS) is 13.0. The summed E-state index contributed by atoms with van der Waals surface area (Å²) in [4.78, 5) is 0. The molecular weight excluding hydrogens is 225 g/mol. The second-order valence-electron chi connectivity index (χ2n) is 4.67. The van der Waals surface area contributed by atoms with Gasteiger partial charge in [-0.05, 0) is 43.4 Å². The maximum atomic E-state index is 14.1. The average Bonchev–Trinajstić information content (AvgIpc) is 2.24. The molecule has 1 aromatic rings. The largest absolute Gasteiger partial charge is 0.206 e. The van der Waals surface area contributed by atoms with Crippen LogP contribution < -0.4 is 0 Å². The van der Waals surface area contributed by atoms with Crippen molar-refractivity contribution in [1.29, 1.82) is 0 Å². The fourth-order valence-electron chi connectivity index (χ4n) is 1.64. The molecule has 1 rings (SSSR count). The zero-order valence-electron chi connectivity index (χ0n) is 10.8. The van der Waals surface area contributed by atoms with Gasteiger partial charge in [-0.15, -0.1) is 0 Å². The molecule has 0 bridgehead atoms. The number of aryl methyl sites for hydroxylation is 2. The topological polar surface area (TPSA) is 0 Å². The number of benzene rings is 1. The molecule has 0 nitrogen and oxygen atoms in total. The number of hydrogen-bond donors (Lipinski definition) is 0. The van der Waals surface area contributed by atoms with Gasteiger partial charge in [-0.3, -0.25) is 0 Å². The van der Waals surface area contributed by atoms with E-state index >= 15 is 0 Å². The van der Waals surface area contributed by atoms with Crippen molar-refractivity contribution in [1.82, 2.24) is 0 Å². The van der Waals surface area contributed by atoms with E-state index in [0.717, 1.165) is 0 Å². The number of rotatable bonds is 2. The van der Waals surface area contributed by atoms with Crippen LogP contribution in [0, 0.1) is 31.4 Å². The molecule has 0 aliphatic carbocycles. The SMILES string of the molecule is C/C(=C(/F)c1c(C)cc(C)c(F)c1F)C(C)C. The highest BCUT2D eigenvalue weighted by molar-refractivity contribution is 5.66. The zero-order valence-corrected chi connectivity index (χ0v) is 10.8. The van der Waals surface area contributed by atoms with Crippen molar-refractivity contribution in [3.05, 3.63) is 40.0 Å². The van der Waals surface area contributed by atoms with Crippen LogP contribution >= 0.6 is 0 Å². The Kier molecular flexibility index (Phi) is 4.02. The van der Waals surface area contributed by atoms with Gasteiger partial charge in [0.2, 0.25) is 0 Å². The Bertz CT molecular complexity index is 471. The Labute approximate surface area is 100 Å². The third-order valence-corrected chi connectivity index (χ3v) is 3.02. The number of allylic oxidation sites excluding steroid dienone is 1. The van der Waals surface area contributed by atoms with E-state index in [1.165, 1.54) is 13.0 Å². The van der Waals surface area contributed by atoms with Crippen LogP contribution in [-0.4, -0.2) is 0 Å². The van der Waals surface area contributed by atoms with Crippen LogP contribution in [0.1, 0.15) is 37.5 Å². The summed E-state index contributed by atoms with van der Waals surface area (Å²) in [7, 11) is 0. The molecule has 0 radical (unpaired) electrons. The average molecular weight is 242 g/mol. The lowest BCUT2D eigenvalue weighted by molar-refractivity contribution is 0.496. The molecule has 0 unspecified atom stereocenters. The third kappa shape index (κ3) is 2.54. The van der Waals surface area contributed by atoms with Crippen LogP contribution in [0.4, 0.5) is 13.2 Å². The Morgan fingerprint density at radius 2 is 1.59 bits per heavy atom. The van der Waals surface area contributed by atoms with Crippen LogP contribution in [0.25, 0.3) is 5.83 Å². The first-order chi connectivity index (χ1) is 7.77. The molecule has 0 atom stereocenters. The summed E-state index contributed by atoms with van der Waals surface area (Å²) >= 11 is 0. The Morgan fingerprint density at radius 1 is 1.06 bits per heavy atom. The monoisotopic (exact) mass is 242 g/mol. The summed E-state index contributed by atoms with van der Waals surface area (Å²) in [5, 5.41) is 0. The van der Waals surface area contributed by atoms with Gasteiger partial charge in [-0.2, -0.15) is 0 Å². The molecule has 0 heterocycles. The van der Waals surface area contributed by atoms with Gasteiger partial charge in [0.15, 0.2) is 11.6 Å². The summed E-state index contributed by atoms with van der Waals surface area (Å²) in [6, 6.07) is 1.46. The van der Waals surface area contributed by atoms with Crippen LogP contribution in [0.3, 0.4) is 0 Å². The van der Waals surface area contributed by atoms with Crippen molar-refractivity contribution in [2.75, 3.05) is 0 Å². The minimum Gasteiger partial charge on any atom is -0.206 e. The Morgan fingerprint density at radius 3 is 2.06 bits per heavy atom. The summed E-state index contributed by atoms with van der Waals surface area (Å²) in [6.45, 7) is 8.26. The molecule has 1 aromatic carbocycles. The van der Waals surface area contributed by atoms with Gasteiger partial charge in [0.05, 0.1) is 5.56 Å². The maximum absolute atomic E-state index is 14.1.